The second kappa shape index (κ2) is 4.02. The minimum atomic E-state index is 0.957. The van der Waals surface area contributed by atoms with Crippen molar-refractivity contribution in [3.8, 4) is 0 Å². The Kier molecular flexibility index (Phi) is 2.21. The van der Waals surface area contributed by atoms with Gasteiger partial charge in [0, 0.05) is 40.6 Å². The largest absolute Gasteiger partial charge is 0.355 e. The standard InChI is InChI=1S/C17H14N2/c1-2-7-16-13(5-1)12-17(18-16)14-8-10-19-9-4-3-6-15(19)11-14/h1-8,10-12,18H,9H2. The molecule has 19 heavy (non-hydrogen) atoms. The monoisotopic (exact) mass is 246 g/mol. The smallest absolute Gasteiger partial charge is 0.0466 e. The maximum atomic E-state index is 3.48. The molecule has 3 heterocycles. The fraction of sp³-hybridized carbons (Fsp3) is 0.0588. The van der Waals surface area contributed by atoms with E-state index >= 15 is 0 Å². The van der Waals surface area contributed by atoms with Gasteiger partial charge in [0.2, 0.25) is 0 Å². The van der Waals surface area contributed by atoms with Gasteiger partial charge in [-0.2, -0.15) is 0 Å². The molecule has 0 aliphatic carbocycles. The van der Waals surface area contributed by atoms with Crippen molar-refractivity contribution < 1.29 is 0 Å². The summed E-state index contributed by atoms with van der Waals surface area (Å²) in [5.41, 5.74) is 4.84. The summed E-state index contributed by atoms with van der Waals surface area (Å²) in [6.07, 6.45) is 13.0. The molecule has 2 aromatic rings. The number of aromatic amines is 1. The Morgan fingerprint density at radius 1 is 1.16 bits per heavy atom. The van der Waals surface area contributed by atoms with Gasteiger partial charge in [0.25, 0.3) is 0 Å². The lowest BCUT2D eigenvalue weighted by Gasteiger charge is -2.26. The SMILES string of the molecule is C1=CCN2C=CC(c3cc4ccccc4[nH]3)=CC2=C1. The second-order valence-corrected chi connectivity index (χ2v) is 4.86. The van der Waals surface area contributed by atoms with E-state index in [2.05, 4.69) is 76.8 Å². The van der Waals surface area contributed by atoms with Crippen LogP contribution >= 0.6 is 0 Å². The maximum absolute atomic E-state index is 3.48. The first-order valence-corrected chi connectivity index (χ1v) is 6.52. The summed E-state index contributed by atoms with van der Waals surface area (Å²) < 4.78 is 0. The number of aromatic nitrogens is 1. The van der Waals surface area contributed by atoms with E-state index in [0.29, 0.717) is 0 Å². The van der Waals surface area contributed by atoms with E-state index in [4.69, 9.17) is 0 Å². The highest BCUT2D eigenvalue weighted by Crippen LogP contribution is 2.27. The molecule has 2 heteroatoms. The first kappa shape index (κ1) is 10.4. The second-order valence-electron chi connectivity index (χ2n) is 4.86. The molecule has 0 saturated heterocycles. The Bertz CT molecular complexity index is 723. The number of rotatable bonds is 1. The summed E-state index contributed by atoms with van der Waals surface area (Å²) in [6.45, 7) is 0.957. The highest BCUT2D eigenvalue weighted by Gasteiger charge is 2.13. The average molecular weight is 246 g/mol. The van der Waals surface area contributed by atoms with Gasteiger partial charge in [-0.15, -0.1) is 0 Å². The Morgan fingerprint density at radius 3 is 3.05 bits per heavy atom. The van der Waals surface area contributed by atoms with Crippen molar-refractivity contribution in [2.45, 2.75) is 0 Å². The van der Waals surface area contributed by atoms with Crippen molar-refractivity contribution in [3.63, 3.8) is 0 Å². The molecule has 0 unspecified atom stereocenters. The number of fused-ring (bicyclic) bond motifs is 2. The van der Waals surface area contributed by atoms with E-state index in [1.165, 1.54) is 27.9 Å². The number of H-pyrrole nitrogens is 1. The quantitative estimate of drug-likeness (QED) is 0.810. The van der Waals surface area contributed by atoms with Gasteiger partial charge in [0.15, 0.2) is 0 Å². The maximum Gasteiger partial charge on any atom is 0.0466 e. The fourth-order valence-corrected chi connectivity index (χ4v) is 2.59. The average Bonchev–Trinajstić information content (AvgIpc) is 2.90. The Morgan fingerprint density at radius 2 is 2.11 bits per heavy atom. The molecular weight excluding hydrogens is 232 g/mol. The molecule has 1 aromatic carbocycles. The van der Waals surface area contributed by atoms with Gasteiger partial charge >= 0.3 is 0 Å². The van der Waals surface area contributed by atoms with E-state index in [0.717, 1.165) is 6.54 Å². The number of allylic oxidation sites excluding steroid dienone is 5. The Balaban J connectivity index is 1.80. The van der Waals surface area contributed by atoms with Crippen LogP contribution in [0.2, 0.25) is 0 Å². The summed E-state index contributed by atoms with van der Waals surface area (Å²) in [5, 5.41) is 1.26. The molecule has 2 aliphatic rings. The van der Waals surface area contributed by atoms with E-state index in [1.807, 2.05) is 0 Å². The number of hydrogen-bond acceptors (Lipinski definition) is 1. The number of nitrogens with one attached hydrogen (secondary N) is 1. The molecule has 4 rings (SSSR count). The molecule has 0 saturated carbocycles. The van der Waals surface area contributed by atoms with E-state index in [9.17, 15) is 0 Å². The molecule has 0 amide bonds. The van der Waals surface area contributed by atoms with E-state index in [-0.39, 0.29) is 0 Å². The summed E-state index contributed by atoms with van der Waals surface area (Å²) >= 11 is 0. The summed E-state index contributed by atoms with van der Waals surface area (Å²) in [5.74, 6) is 0. The first-order chi connectivity index (χ1) is 9.40. The van der Waals surface area contributed by atoms with Crippen molar-refractivity contribution in [2.24, 2.45) is 0 Å². The van der Waals surface area contributed by atoms with Crippen LogP contribution in [0.1, 0.15) is 5.69 Å². The van der Waals surface area contributed by atoms with Gasteiger partial charge in [-0.25, -0.2) is 0 Å². The molecular formula is C17H14N2. The molecule has 0 atom stereocenters. The van der Waals surface area contributed by atoms with Crippen LogP contribution in [0, 0.1) is 0 Å². The summed E-state index contributed by atoms with van der Waals surface area (Å²) in [4.78, 5) is 5.72. The van der Waals surface area contributed by atoms with Crippen molar-refractivity contribution in [1.29, 1.82) is 0 Å². The van der Waals surface area contributed by atoms with Crippen LogP contribution < -0.4 is 0 Å². The molecule has 0 radical (unpaired) electrons. The fourth-order valence-electron chi connectivity index (χ4n) is 2.59. The summed E-state index contributed by atoms with van der Waals surface area (Å²) in [6, 6.07) is 10.6. The zero-order chi connectivity index (χ0) is 12.7. The predicted molar refractivity (Wildman–Crippen MR) is 79.3 cm³/mol. The van der Waals surface area contributed by atoms with Gasteiger partial charge in [0.05, 0.1) is 0 Å². The van der Waals surface area contributed by atoms with Gasteiger partial charge in [-0.1, -0.05) is 30.4 Å². The number of hydrogen-bond donors (Lipinski definition) is 1. The van der Waals surface area contributed by atoms with Crippen LogP contribution in [0.4, 0.5) is 0 Å². The van der Waals surface area contributed by atoms with E-state index < -0.39 is 0 Å². The molecule has 2 nitrogen and oxygen atoms in total. The molecule has 1 aromatic heterocycles. The molecule has 0 spiro atoms. The Labute approximate surface area is 112 Å². The predicted octanol–water partition coefficient (Wildman–Crippen LogP) is 3.83. The highest BCUT2D eigenvalue weighted by molar-refractivity contribution is 5.87. The third-order valence-electron chi connectivity index (χ3n) is 3.62. The van der Waals surface area contributed by atoms with E-state index in [1.54, 1.807) is 0 Å². The zero-order valence-corrected chi connectivity index (χ0v) is 10.5. The summed E-state index contributed by atoms with van der Waals surface area (Å²) in [7, 11) is 0. The number of nitrogens with zero attached hydrogens (tertiary/aromatic N) is 1. The van der Waals surface area contributed by atoms with Crippen molar-refractivity contribution >= 4 is 16.5 Å². The third-order valence-corrected chi connectivity index (χ3v) is 3.62. The molecule has 2 aliphatic heterocycles. The number of benzene rings is 1. The molecule has 0 bridgehead atoms. The lowest BCUT2D eigenvalue weighted by Crippen LogP contribution is -2.19. The number of para-hydroxylation sites is 1. The van der Waals surface area contributed by atoms with Crippen LogP contribution in [-0.4, -0.2) is 16.4 Å². The Hall–Kier alpha value is -2.48. The van der Waals surface area contributed by atoms with Crippen LogP contribution in [-0.2, 0) is 0 Å². The van der Waals surface area contributed by atoms with Gasteiger partial charge < -0.3 is 9.88 Å². The molecule has 92 valence electrons. The van der Waals surface area contributed by atoms with Crippen LogP contribution in [0.3, 0.4) is 0 Å². The van der Waals surface area contributed by atoms with Gasteiger partial charge in [0.1, 0.15) is 0 Å². The van der Waals surface area contributed by atoms with Gasteiger partial charge in [-0.05, 0) is 30.4 Å². The van der Waals surface area contributed by atoms with Crippen molar-refractivity contribution in [2.75, 3.05) is 6.54 Å². The normalized spacial score (nSPS) is 17.4. The third kappa shape index (κ3) is 1.73. The lowest BCUT2D eigenvalue weighted by atomic mass is 10.1. The minimum absolute atomic E-state index is 0.957. The van der Waals surface area contributed by atoms with Crippen LogP contribution in [0.5, 0.6) is 0 Å². The lowest BCUT2D eigenvalue weighted by molar-refractivity contribution is 0.524. The highest BCUT2D eigenvalue weighted by atomic mass is 15.1. The van der Waals surface area contributed by atoms with Crippen LogP contribution in [0.15, 0.2) is 72.6 Å². The van der Waals surface area contributed by atoms with Gasteiger partial charge in [-0.3, -0.25) is 0 Å². The van der Waals surface area contributed by atoms with Crippen molar-refractivity contribution in [1.82, 2.24) is 9.88 Å². The zero-order valence-electron chi connectivity index (χ0n) is 10.5. The minimum Gasteiger partial charge on any atom is -0.355 e. The molecule has 1 N–H and O–H groups in total. The topological polar surface area (TPSA) is 19.0 Å². The first-order valence-electron chi connectivity index (χ1n) is 6.52. The van der Waals surface area contributed by atoms with Crippen LogP contribution in [0.25, 0.3) is 16.5 Å². The molecule has 0 fully saturated rings. The van der Waals surface area contributed by atoms with Crippen molar-refractivity contribution in [3.05, 3.63) is 78.3 Å².